The second kappa shape index (κ2) is 5.36. The summed E-state index contributed by atoms with van der Waals surface area (Å²) in [7, 11) is 0. The molecule has 1 heterocycles. The number of benzene rings is 1. The fourth-order valence-electron chi connectivity index (χ4n) is 1.84. The zero-order chi connectivity index (χ0) is 14.8. The van der Waals surface area contributed by atoms with Gasteiger partial charge < -0.3 is 15.0 Å². The van der Waals surface area contributed by atoms with Crippen LogP contribution in [0, 0.1) is 0 Å². The van der Waals surface area contributed by atoms with E-state index in [2.05, 4.69) is 4.98 Å². The summed E-state index contributed by atoms with van der Waals surface area (Å²) in [6, 6.07) is 9.49. The van der Waals surface area contributed by atoms with Crippen molar-refractivity contribution in [1.29, 1.82) is 0 Å². The van der Waals surface area contributed by atoms with Gasteiger partial charge in [0.05, 0.1) is 6.33 Å². The maximum absolute atomic E-state index is 12.0. The van der Waals surface area contributed by atoms with Crippen LogP contribution in [-0.2, 0) is 16.9 Å². The number of carbonyl (C=O) groups excluding carboxylic acids is 1. The minimum absolute atomic E-state index is 0.163. The highest BCUT2D eigenvalue weighted by Gasteiger charge is 2.23. The van der Waals surface area contributed by atoms with E-state index in [0.29, 0.717) is 5.82 Å². The number of rotatable bonds is 3. The maximum Gasteiger partial charge on any atom is 0.361 e. The molecule has 0 unspecified atom stereocenters. The summed E-state index contributed by atoms with van der Waals surface area (Å²) in [5.74, 6) is -0.176. The van der Waals surface area contributed by atoms with Crippen LogP contribution in [0.4, 0.5) is 5.82 Å². The average Bonchev–Trinajstić information content (AvgIpc) is 2.79. The van der Waals surface area contributed by atoms with Gasteiger partial charge in [0.15, 0.2) is 5.69 Å². The quantitative estimate of drug-likeness (QED) is 0.873. The Bertz CT molecular complexity index is 597. The smallest absolute Gasteiger partial charge is 0.361 e. The molecule has 2 aromatic rings. The van der Waals surface area contributed by atoms with Crippen molar-refractivity contribution in [3.8, 4) is 0 Å². The van der Waals surface area contributed by atoms with Crippen molar-refractivity contribution < 1.29 is 9.53 Å². The van der Waals surface area contributed by atoms with Crippen LogP contribution in [-0.4, -0.2) is 15.5 Å². The normalized spacial score (nSPS) is 11.3. The number of aromatic nitrogens is 2. The van der Waals surface area contributed by atoms with Crippen LogP contribution in [0.1, 0.15) is 36.8 Å². The Kier molecular flexibility index (Phi) is 3.79. The van der Waals surface area contributed by atoms with Crippen LogP contribution in [0.25, 0.3) is 0 Å². The molecular weight excluding hydrogens is 254 g/mol. The van der Waals surface area contributed by atoms with Crippen molar-refractivity contribution >= 4 is 11.8 Å². The van der Waals surface area contributed by atoms with Gasteiger partial charge in [0.25, 0.3) is 0 Å². The van der Waals surface area contributed by atoms with E-state index in [4.69, 9.17) is 10.5 Å². The lowest BCUT2D eigenvalue weighted by atomic mass is 10.1. The molecule has 1 aromatic carbocycles. The van der Waals surface area contributed by atoms with Gasteiger partial charge in [0.1, 0.15) is 12.4 Å². The zero-order valence-corrected chi connectivity index (χ0v) is 12.0. The number of nitrogen functional groups attached to an aromatic ring is 1. The van der Waals surface area contributed by atoms with Crippen molar-refractivity contribution in [2.24, 2.45) is 0 Å². The van der Waals surface area contributed by atoms with Crippen LogP contribution in [0.5, 0.6) is 0 Å². The fraction of sp³-hybridized carbons (Fsp3) is 0.333. The number of carbonyl (C=O) groups is 1. The highest BCUT2D eigenvalue weighted by molar-refractivity contribution is 5.92. The average molecular weight is 273 g/mol. The summed E-state index contributed by atoms with van der Waals surface area (Å²) in [4.78, 5) is 16.1. The molecule has 0 saturated heterocycles. The van der Waals surface area contributed by atoms with Crippen molar-refractivity contribution in [2.75, 3.05) is 5.73 Å². The molecule has 2 rings (SSSR count). The predicted molar refractivity (Wildman–Crippen MR) is 77.2 cm³/mol. The van der Waals surface area contributed by atoms with Gasteiger partial charge >= 0.3 is 5.97 Å². The topological polar surface area (TPSA) is 70.1 Å². The standard InChI is InChI=1S/C15H19N3O2/c1-15(2,3)18-10-17-12(13(18)16)14(19)20-9-11-7-5-4-6-8-11/h4-8,10H,9,16H2,1-3H3. The molecule has 0 aliphatic rings. The first kappa shape index (κ1) is 14.1. The van der Waals surface area contributed by atoms with Gasteiger partial charge in [-0.3, -0.25) is 0 Å². The van der Waals surface area contributed by atoms with Crippen LogP contribution in [0.3, 0.4) is 0 Å². The molecule has 0 bridgehead atoms. The van der Waals surface area contributed by atoms with E-state index in [1.165, 1.54) is 0 Å². The Hall–Kier alpha value is -2.30. The van der Waals surface area contributed by atoms with Gasteiger partial charge in [-0.25, -0.2) is 9.78 Å². The molecule has 5 heteroatoms. The molecule has 5 nitrogen and oxygen atoms in total. The zero-order valence-electron chi connectivity index (χ0n) is 12.0. The molecule has 0 radical (unpaired) electrons. The molecule has 0 fully saturated rings. The molecule has 1 aromatic heterocycles. The number of hydrogen-bond acceptors (Lipinski definition) is 4. The molecular formula is C15H19N3O2. The van der Waals surface area contributed by atoms with Crippen molar-refractivity contribution in [3.63, 3.8) is 0 Å². The van der Waals surface area contributed by atoms with Crippen molar-refractivity contribution in [1.82, 2.24) is 9.55 Å². The van der Waals surface area contributed by atoms with Crippen LogP contribution in [0.2, 0.25) is 0 Å². The number of nitrogens with zero attached hydrogens (tertiary/aromatic N) is 2. The van der Waals surface area contributed by atoms with Gasteiger partial charge in [-0.05, 0) is 26.3 Å². The Morgan fingerprint density at radius 3 is 2.50 bits per heavy atom. The molecule has 2 N–H and O–H groups in total. The van der Waals surface area contributed by atoms with E-state index >= 15 is 0 Å². The van der Waals surface area contributed by atoms with Crippen LogP contribution >= 0.6 is 0 Å². The lowest BCUT2D eigenvalue weighted by Gasteiger charge is -2.21. The summed E-state index contributed by atoms with van der Waals surface area (Å²) >= 11 is 0. The number of esters is 1. The minimum atomic E-state index is -0.505. The van der Waals surface area contributed by atoms with E-state index in [-0.39, 0.29) is 17.8 Å². The van der Waals surface area contributed by atoms with Gasteiger partial charge in [-0.15, -0.1) is 0 Å². The molecule has 0 saturated carbocycles. The number of hydrogen-bond donors (Lipinski definition) is 1. The summed E-state index contributed by atoms with van der Waals surface area (Å²) in [6.07, 6.45) is 1.56. The fourth-order valence-corrected chi connectivity index (χ4v) is 1.84. The van der Waals surface area contributed by atoms with E-state index in [0.717, 1.165) is 5.56 Å². The first-order valence-electron chi connectivity index (χ1n) is 6.44. The van der Waals surface area contributed by atoms with Crippen LogP contribution < -0.4 is 5.73 Å². The SMILES string of the molecule is CC(C)(C)n1cnc(C(=O)OCc2ccccc2)c1N. The lowest BCUT2D eigenvalue weighted by Crippen LogP contribution is -2.23. The Labute approximate surface area is 118 Å². The van der Waals surface area contributed by atoms with E-state index < -0.39 is 5.97 Å². The monoisotopic (exact) mass is 273 g/mol. The van der Waals surface area contributed by atoms with Crippen molar-refractivity contribution in [3.05, 3.63) is 47.9 Å². The number of ether oxygens (including phenoxy) is 1. The molecule has 0 aliphatic heterocycles. The minimum Gasteiger partial charge on any atom is -0.456 e. The molecule has 0 atom stereocenters. The van der Waals surface area contributed by atoms with Gasteiger partial charge in [0.2, 0.25) is 0 Å². The number of nitrogens with two attached hydrogens (primary N) is 1. The van der Waals surface area contributed by atoms with Gasteiger partial charge in [-0.2, -0.15) is 0 Å². The first-order chi connectivity index (χ1) is 9.39. The summed E-state index contributed by atoms with van der Waals surface area (Å²) in [5, 5.41) is 0. The largest absolute Gasteiger partial charge is 0.456 e. The molecule has 0 amide bonds. The summed E-state index contributed by atoms with van der Waals surface area (Å²) in [6.45, 7) is 6.18. The third-order valence-electron chi connectivity index (χ3n) is 2.93. The Morgan fingerprint density at radius 2 is 1.95 bits per heavy atom. The summed E-state index contributed by atoms with van der Waals surface area (Å²) < 4.78 is 6.98. The van der Waals surface area contributed by atoms with E-state index in [1.54, 1.807) is 10.9 Å². The van der Waals surface area contributed by atoms with E-state index in [9.17, 15) is 4.79 Å². The predicted octanol–water partition coefficient (Wildman–Crippen LogP) is 2.58. The second-order valence-electron chi connectivity index (χ2n) is 5.58. The Balaban J connectivity index is 2.09. The second-order valence-corrected chi connectivity index (χ2v) is 5.58. The van der Waals surface area contributed by atoms with E-state index in [1.807, 2.05) is 51.1 Å². The highest BCUT2D eigenvalue weighted by Crippen LogP contribution is 2.21. The van der Waals surface area contributed by atoms with Crippen LogP contribution in [0.15, 0.2) is 36.7 Å². The molecule has 106 valence electrons. The van der Waals surface area contributed by atoms with Gasteiger partial charge in [0, 0.05) is 5.54 Å². The highest BCUT2D eigenvalue weighted by atomic mass is 16.5. The maximum atomic E-state index is 12.0. The number of anilines is 1. The summed E-state index contributed by atoms with van der Waals surface area (Å²) in [5.41, 5.74) is 6.82. The lowest BCUT2D eigenvalue weighted by molar-refractivity contribution is 0.0467. The third-order valence-corrected chi connectivity index (χ3v) is 2.93. The Morgan fingerprint density at radius 1 is 1.30 bits per heavy atom. The third kappa shape index (κ3) is 2.99. The first-order valence-corrected chi connectivity index (χ1v) is 6.44. The molecule has 20 heavy (non-hydrogen) atoms. The number of imidazole rings is 1. The van der Waals surface area contributed by atoms with Gasteiger partial charge in [-0.1, -0.05) is 30.3 Å². The molecule has 0 aliphatic carbocycles. The van der Waals surface area contributed by atoms with Crippen molar-refractivity contribution in [2.45, 2.75) is 32.9 Å². The molecule has 0 spiro atoms.